The lowest BCUT2D eigenvalue weighted by Gasteiger charge is -2.09. The van der Waals surface area contributed by atoms with Crippen LogP contribution in [-0.2, 0) is 10.2 Å². The maximum Gasteiger partial charge on any atom is 0.235 e. The molecule has 0 aromatic heterocycles. The van der Waals surface area contributed by atoms with Crippen LogP contribution in [0.4, 0.5) is 10.1 Å². The van der Waals surface area contributed by atoms with Gasteiger partial charge >= 0.3 is 0 Å². The zero-order valence-electron chi connectivity index (χ0n) is 10.5. The molecule has 1 fully saturated rings. The Hall–Kier alpha value is -1.87. The zero-order valence-corrected chi connectivity index (χ0v) is 11.2. The van der Waals surface area contributed by atoms with Crippen molar-refractivity contribution < 1.29 is 9.18 Å². The maximum atomic E-state index is 13.5. The molecule has 1 aliphatic heterocycles. The lowest BCUT2D eigenvalue weighted by Crippen LogP contribution is -2.21. The molecule has 1 aliphatic carbocycles. The summed E-state index contributed by atoms with van der Waals surface area (Å²) in [4.78, 5) is 12.3. The van der Waals surface area contributed by atoms with Crippen molar-refractivity contribution in [2.45, 2.75) is 17.8 Å². The molecule has 2 aliphatic rings. The van der Waals surface area contributed by atoms with Gasteiger partial charge in [0.25, 0.3) is 0 Å². The van der Waals surface area contributed by atoms with Crippen LogP contribution in [0, 0.1) is 5.82 Å². The molecule has 1 heterocycles. The fraction of sp³-hybridized carbons (Fsp3) is 0.188. The van der Waals surface area contributed by atoms with Gasteiger partial charge in [0, 0.05) is 16.6 Å². The fourth-order valence-electron chi connectivity index (χ4n) is 3.26. The van der Waals surface area contributed by atoms with Gasteiger partial charge in [0.1, 0.15) is 5.82 Å². The van der Waals surface area contributed by atoms with E-state index in [1.165, 1.54) is 12.1 Å². The van der Waals surface area contributed by atoms with E-state index in [1.807, 2.05) is 24.3 Å². The van der Waals surface area contributed by atoms with Gasteiger partial charge < -0.3 is 5.32 Å². The Morgan fingerprint density at radius 3 is 2.70 bits per heavy atom. The SMILES string of the molecule is O=C1Nc2ccc(F)cc2[C@]12C[C@H]2c1ccc(Cl)cc1. The largest absolute Gasteiger partial charge is 0.325 e. The Kier molecular flexibility index (Phi) is 2.28. The van der Waals surface area contributed by atoms with E-state index in [2.05, 4.69) is 5.32 Å². The number of anilines is 1. The summed E-state index contributed by atoms with van der Waals surface area (Å²) in [6.07, 6.45) is 0.719. The van der Waals surface area contributed by atoms with Gasteiger partial charge in [-0.1, -0.05) is 23.7 Å². The Balaban J connectivity index is 1.79. The van der Waals surface area contributed by atoms with Crippen LogP contribution in [0.5, 0.6) is 0 Å². The van der Waals surface area contributed by atoms with Gasteiger partial charge in [-0.05, 0) is 47.9 Å². The highest BCUT2D eigenvalue weighted by Crippen LogP contribution is 2.64. The second kappa shape index (κ2) is 3.83. The molecule has 100 valence electrons. The molecule has 4 heteroatoms. The smallest absolute Gasteiger partial charge is 0.235 e. The molecule has 1 spiro atoms. The monoisotopic (exact) mass is 287 g/mol. The average molecular weight is 288 g/mol. The minimum absolute atomic E-state index is 0.0296. The van der Waals surface area contributed by atoms with Crippen LogP contribution >= 0.6 is 11.6 Å². The van der Waals surface area contributed by atoms with Crippen LogP contribution in [0.2, 0.25) is 5.02 Å². The van der Waals surface area contributed by atoms with Crippen molar-refractivity contribution in [3.63, 3.8) is 0 Å². The number of hydrogen-bond donors (Lipinski definition) is 1. The third-order valence-corrected chi connectivity index (χ3v) is 4.60. The van der Waals surface area contributed by atoms with E-state index in [4.69, 9.17) is 11.6 Å². The lowest BCUT2D eigenvalue weighted by molar-refractivity contribution is -0.118. The third kappa shape index (κ3) is 1.47. The highest BCUT2D eigenvalue weighted by molar-refractivity contribution is 6.30. The molecule has 2 aromatic carbocycles. The Morgan fingerprint density at radius 1 is 1.20 bits per heavy atom. The van der Waals surface area contributed by atoms with Gasteiger partial charge in [-0.15, -0.1) is 0 Å². The first-order chi connectivity index (χ1) is 9.61. The average Bonchev–Trinajstić information content (AvgIpc) is 3.12. The van der Waals surface area contributed by atoms with E-state index in [0.29, 0.717) is 5.02 Å². The van der Waals surface area contributed by atoms with E-state index in [1.54, 1.807) is 6.07 Å². The topological polar surface area (TPSA) is 29.1 Å². The number of amides is 1. The molecule has 1 amide bonds. The molecule has 0 saturated heterocycles. The molecule has 2 nitrogen and oxygen atoms in total. The molecular weight excluding hydrogens is 277 g/mol. The molecule has 1 N–H and O–H groups in total. The van der Waals surface area contributed by atoms with Gasteiger partial charge in [-0.25, -0.2) is 4.39 Å². The summed E-state index contributed by atoms with van der Waals surface area (Å²) >= 11 is 5.89. The van der Waals surface area contributed by atoms with E-state index in [0.717, 1.165) is 23.2 Å². The first-order valence-corrected chi connectivity index (χ1v) is 6.86. The summed E-state index contributed by atoms with van der Waals surface area (Å²) in [5.74, 6) is -0.234. The Labute approximate surface area is 120 Å². The van der Waals surface area contributed by atoms with Crippen molar-refractivity contribution in [1.29, 1.82) is 0 Å². The molecule has 1 saturated carbocycles. The van der Waals surface area contributed by atoms with Crippen molar-refractivity contribution in [1.82, 2.24) is 0 Å². The quantitative estimate of drug-likeness (QED) is 0.848. The Bertz CT molecular complexity index is 728. The van der Waals surface area contributed by atoms with Crippen molar-refractivity contribution in [2.24, 2.45) is 0 Å². The summed E-state index contributed by atoms with van der Waals surface area (Å²) in [5.41, 5.74) is 1.99. The number of hydrogen-bond acceptors (Lipinski definition) is 1. The fourth-order valence-corrected chi connectivity index (χ4v) is 3.39. The van der Waals surface area contributed by atoms with Crippen LogP contribution < -0.4 is 5.32 Å². The van der Waals surface area contributed by atoms with E-state index in [9.17, 15) is 9.18 Å². The predicted octanol–water partition coefficient (Wildman–Crippen LogP) is 3.86. The third-order valence-electron chi connectivity index (χ3n) is 4.35. The minimum Gasteiger partial charge on any atom is -0.325 e. The highest BCUT2D eigenvalue weighted by Gasteiger charge is 2.65. The van der Waals surface area contributed by atoms with Crippen molar-refractivity contribution in [3.05, 3.63) is 64.4 Å². The number of nitrogens with one attached hydrogen (secondary N) is 1. The van der Waals surface area contributed by atoms with E-state index in [-0.39, 0.29) is 17.6 Å². The molecule has 0 radical (unpaired) electrons. The number of fused-ring (bicyclic) bond motifs is 2. The number of carbonyl (C=O) groups excluding carboxylic acids is 1. The summed E-state index contributed by atoms with van der Waals surface area (Å²) in [5, 5.41) is 3.53. The normalized spacial score (nSPS) is 26.5. The van der Waals surface area contributed by atoms with Crippen LogP contribution in [0.15, 0.2) is 42.5 Å². The lowest BCUT2D eigenvalue weighted by atomic mass is 9.92. The van der Waals surface area contributed by atoms with Crippen LogP contribution in [-0.4, -0.2) is 5.91 Å². The van der Waals surface area contributed by atoms with Crippen molar-refractivity contribution in [3.8, 4) is 0 Å². The molecule has 0 bridgehead atoms. The first kappa shape index (κ1) is 11.9. The first-order valence-electron chi connectivity index (χ1n) is 6.48. The van der Waals surface area contributed by atoms with Crippen LogP contribution in [0.25, 0.3) is 0 Å². The second-order valence-corrected chi connectivity index (χ2v) is 5.86. The molecule has 2 aromatic rings. The zero-order chi connectivity index (χ0) is 13.9. The van der Waals surface area contributed by atoms with Gasteiger partial charge in [0.05, 0.1) is 5.41 Å². The summed E-state index contributed by atoms with van der Waals surface area (Å²) in [6.45, 7) is 0. The second-order valence-electron chi connectivity index (χ2n) is 5.42. The van der Waals surface area contributed by atoms with E-state index < -0.39 is 5.41 Å². The minimum atomic E-state index is -0.592. The molecule has 2 atom stereocenters. The van der Waals surface area contributed by atoms with Gasteiger partial charge in [-0.2, -0.15) is 0 Å². The van der Waals surface area contributed by atoms with Gasteiger partial charge in [0.15, 0.2) is 0 Å². The van der Waals surface area contributed by atoms with Gasteiger partial charge in [-0.3, -0.25) is 4.79 Å². The number of rotatable bonds is 1. The molecule has 20 heavy (non-hydrogen) atoms. The number of carbonyl (C=O) groups is 1. The van der Waals surface area contributed by atoms with E-state index >= 15 is 0 Å². The molecule has 4 rings (SSSR count). The molecular formula is C16H11ClFNO. The van der Waals surface area contributed by atoms with Crippen LogP contribution in [0.1, 0.15) is 23.5 Å². The van der Waals surface area contributed by atoms with Crippen molar-refractivity contribution in [2.75, 3.05) is 5.32 Å². The number of benzene rings is 2. The van der Waals surface area contributed by atoms with Gasteiger partial charge in [0.2, 0.25) is 5.91 Å². The summed E-state index contributed by atoms with van der Waals surface area (Å²) in [6, 6.07) is 12.0. The predicted molar refractivity (Wildman–Crippen MR) is 75.5 cm³/mol. The van der Waals surface area contributed by atoms with Crippen molar-refractivity contribution >= 4 is 23.2 Å². The summed E-state index contributed by atoms with van der Waals surface area (Å²) in [7, 11) is 0. The standard InChI is InChI=1S/C16H11ClFNO/c17-10-3-1-9(2-4-10)13-8-16(13)12-7-11(18)5-6-14(12)19-15(16)20/h1-7,13H,8H2,(H,19,20)/t13-,16-/m0/s1. The highest BCUT2D eigenvalue weighted by atomic mass is 35.5. The molecule has 0 unspecified atom stereocenters. The van der Waals surface area contributed by atoms with Crippen LogP contribution in [0.3, 0.4) is 0 Å². The Morgan fingerprint density at radius 2 is 1.95 bits per heavy atom. The maximum absolute atomic E-state index is 13.5. The summed E-state index contributed by atoms with van der Waals surface area (Å²) < 4.78 is 13.5. The number of halogens is 2.